The topological polar surface area (TPSA) is 3.24 Å². The zero-order chi connectivity index (χ0) is 14.4. The Kier molecular flexibility index (Phi) is 3.55. The molecule has 1 heteroatoms. The summed E-state index contributed by atoms with van der Waals surface area (Å²) in [7, 11) is 0. The van der Waals surface area contributed by atoms with Gasteiger partial charge in [0.15, 0.2) is 0 Å². The van der Waals surface area contributed by atoms with Crippen molar-refractivity contribution in [3.8, 4) is 0 Å². The molecule has 0 saturated heterocycles. The highest BCUT2D eigenvalue weighted by molar-refractivity contribution is 5.40. The summed E-state index contributed by atoms with van der Waals surface area (Å²) in [6.07, 6.45) is 1.18. The molecule has 0 unspecified atom stereocenters. The van der Waals surface area contributed by atoms with Crippen LogP contribution in [0.1, 0.15) is 65.2 Å². The minimum Gasteiger partial charge on any atom is -0.291 e. The summed E-state index contributed by atoms with van der Waals surface area (Å²) in [6, 6.07) is 7.73. The predicted octanol–water partition coefficient (Wildman–Crippen LogP) is 4.49. The van der Waals surface area contributed by atoms with Gasteiger partial charge in [0, 0.05) is 18.1 Å². The molecule has 1 aliphatic rings. The number of nitrogens with zero attached hydrogens (tertiary/aromatic N) is 1. The summed E-state index contributed by atoms with van der Waals surface area (Å²) in [4.78, 5) is 2.62. The molecule has 1 aromatic carbocycles. The third-order valence-corrected chi connectivity index (χ3v) is 4.59. The molecule has 2 rings (SSSR count). The van der Waals surface area contributed by atoms with E-state index in [4.69, 9.17) is 0 Å². The van der Waals surface area contributed by atoms with E-state index in [2.05, 4.69) is 71.6 Å². The van der Waals surface area contributed by atoms with Crippen molar-refractivity contribution >= 4 is 0 Å². The molecule has 0 aromatic heterocycles. The van der Waals surface area contributed by atoms with Gasteiger partial charge in [0.2, 0.25) is 0 Å². The van der Waals surface area contributed by atoms with Crippen molar-refractivity contribution in [2.24, 2.45) is 0 Å². The maximum Gasteiger partial charge on any atom is 0.0410 e. The lowest BCUT2D eigenvalue weighted by Crippen LogP contribution is -2.50. The van der Waals surface area contributed by atoms with E-state index in [0.29, 0.717) is 6.04 Å². The third-order valence-electron chi connectivity index (χ3n) is 4.59. The van der Waals surface area contributed by atoms with Crippen LogP contribution in [0.3, 0.4) is 0 Å². The molecule has 0 aliphatic carbocycles. The van der Waals surface area contributed by atoms with E-state index in [-0.39, 0.29) is 11.0 Å². The van der Waals surface area contributed by atoms with Crippen LogP contribution in [0, 0.1) is 0 Å². The summed E-state index contributed by atoms with van der Waals surface area (Å²) in [5, 5.41) is 0. The fourth-order valence-electron chi connectivity index (χ4n) is 3.44. The Balaban J connectivity index is 2.46. The predicted molar refractivity (Wildman–Crippen MR) is 83.7 cm³/mol. The van der Waals surface area contributed by atoms with E-state index in [1.165, 1.54) is 24.1 Å². The zero-order valence-electron chi connectivity index (χ0n) is 13.7. The van der Waals surface area contributed by atoms with Gasteiger partial charge < -0.3 is 0 Å². The first kappa shape index (κ1) is 14.6. The monoisotopic (exact) mass is 259 g/mol. The largest absolute Gasteiger partial charge is 0.291 e. The molecule has 0 N–H and O–H groups in total. The van der Waals surface area contributed by atoms with Crippen LogP contribution in [0.5, 0.6) is 0 Å². The standard InChI is InChI=1S/C18H29N/c1-13(2)19-11-10-14-12-15(17(3,4)5)8-9-16(14)18(19,6)7/h8-9,12-13H,10-11H2,1-7H3. The van der Waals surface area contributed by atoms with Crippen LogP contribution < -0.4 is 0 Å². The SMILES string of the molecule is CC(C)N1CCc2cc(C(C)(C)C)ccc2C1(C)C. The van der Waals surface area contributed by atoms with E-state index in [9.17, 15) is 0 Å². The van der Waals surface area contributed by atoms with E-state index in [1.807, 2.05) is 0 Å². The Morgan fingerprint density at radius 2 is 1.79 bits per heavy atom. The Hall–Kier alpha value is -0.820. The zero-order valence-corrected chi connectivity index (χ0v) is 13.7. The number of rotatable bonds is 1. The van der Waals surface area contributed by atoms with Gasteiger partial charge in [-0.15, -0.1) is 0 Å². The van der Waals surface area contributed by atoms with Crippen molar-refractivity contribution in [1.82, 2.24) is 4.90 Å². The number of hydrogen-bond donors (Lipinski definition) is 0. The minimum atomic E-state index is 0.151. The molecule has 1 heterocycles. The van der Waals surface area contributed by atoms with Crippen molar-refractivity contribution in [3.63, 3.8) is 0 Å². The first-order valence-electron chi connectivity index (χ1n) is 7.54. The van der Waals surface area contributed by atoms with Crippen LogP contribution in [0.4, 0.5) is 0 Å². The molecule has 0 spiro atoms. The van der Waals surface area contributed by atoms with Crippen molar-refractivity contribution in [3.05, 3.63) is 34.9 Å². The van der Waals surface area contributed by atoms with Gasteiger partial charge >= 0.3 is 0 Å². The molecule has 0 amide bonds. The van der Waals surface area contributed by atoms with E-state index in [1.54, 1.807) is 5.56 Å². The first-order valence-corrected chi connectivity index (χ1v) is 7.54. The Morgan fingerprint density at radius 3 is 2.32 bits per heavy atom. The number of hydrogen-bond acceptors (Lipinski definition) is 1. The molecular weight excluding hydrogens is 230 g/mol. The summed E-state index contributed by atoms with van der Waals surface area (Å²) in [5.74, 6) is 0. The molecule has 0 saturated carbocycles. The summed E-state index contributed by atoms with van der Waals surface area (Å²) >= 11 is 0. The summed E-state index contributed by atoms with van der Waals surface area (Å²) < 4.78 is 0. The van der Waals surface area contributed by atoms with Crippen LogP contribution >= 0.6 is 0 Å². The van der Waals surface area contributed by atoms with Crippen LogP contribution in [0.15, 0.2) is 18.2 Å². The Labute approximate surface area is 119 Å². The van der Waals surface area contributed by atoms with Gasteiger partial charge in [0.1, 0.15) is 0 Å². The molecule has 0 atom stereocenters. The van der Waals surface area contributed by atoms with Gasteiger partial charge in [-0.2, -0.15) is 0 Å². The van der Waals surface area contributed by atoms with Crippen LogP contribution in [-0.4, -0.2) is 17.5 Å². The fraction of sp³-hybridized carbons (Fsp3) is 0.667. The highest BCUT2D eigenvalue weighted by Gasteiger charge is 2.36. The average Bonchev–Trinajstić information content (AvgIpc) is 2.26. The molecule has 0 radical (unpaired) electrons. The fourth-order valence-corrected chi connectivity index (χ4v) is 3.44. The molecule has 1 nitrogen and oxygen atoms in total. The second-order valence-electron chi connectivity index (χ2n) is 7.72. The number of benzene rings is 1. The third kappa shape index (κ3) is 2.58. The molecule has 19 heavy (non-hydrogen) atoms. The smallest absolute Gasteiger partial charge is 0.0410 e. The average molecular weight is 259 g/mol. The van der Waals surface area contributed by atoms with E-state index < -0.39 is 0 Å². The van der Waals surface area contributed by atoms with E-state index >= 15 is 0 Å². The van der Waals surface area contributed by atoms with Crippen LogP contribution in [-0.2, 0) is 17.4 Å². The first-order chi connectivity index (χ1) is 8.64. The second-order valence-corrected chi connectivity index (χ2v) is 7.72. The van der Waals surface area contributed by atoms with Crippen molar-refractivity contribution in [2.75, 3.05) is 6.54 Å². The molecule has 1 aromatic rings. The Bertz CT molecular complexity index is 463. The van der Waals surface area contributed by atoms with Crippen molar-refractivity contribution in [1.29, 1.82) is 0 Å². The van der Waals surface area contributed by atoms with Crippen LogP contribution in [0.2, 0.25) is 0 Å². The highest BCUT2D eigenvalue weighted by atomic mass is 15.2. The lowest BCUT2D eigenvalue weighted by molar-refractivity contribution is 0.0721. The van der Waals surface area contributed by atoms with Gasteiger partial charge in [-0.1, -0.05) is 39.0 Å². The lowest BCUT2D eigenvalue weighted by Gasteiger charge is -2.46. The minimum absolute atomic E-state index is 0.151. The maximum absolute atomic E-state index is 2.62. The van der Waals surface area contributed by atoms with Gasteiger partial charge in [-0.25, -0.2) is 0 Å². The molecule has 106 valence electrons. The molecule has 1 aliphatic heterocycles. The number of fused-ring (bicyclic) bond motifs is 1. The lowest BCUT2D eigenvalue weighted by atomic mass is 9.78. The molecular formula is C18H29N. The highest BCUT2D eigenvalue weighted by Crippen LogP contribution is 2.38. The van der Waals surface area contributed by atoms with Gasteiger partial charge in [-0.3, -0.25) is 4.90 Å². The van der Waals surface area contributed by atoms with Crippen molar-refractivity contribution < 1.29 is 0 Å². The van der Waals surface area contributed by atoms with Crippen molar-refractivity contribution in [2.45, 2.75) is 71.9 Å². The van der Waals surface area contributed by atoms with Crippen LogP contribution in [0.25, 0.3) is 0 Å². The van der Waals surface area contributed by atoms with E-state index in [0.717, 1.165) is 0 Å². The summed E-state index contributed by atoms with van der Waals surface area (Å²) in [6.45, 7) is 17.4. The molecule has 0 bridgehead atoms. The normalized spacial score (nSPS) is 19.6. The summed E-state index contributed by atoms with van der Waals surface area (Å²) in [5.41, 5.74) is 4.92. The quantitative estimate of drug-likeness (QED) is 0.718. The second kappa shape index (κ2) is 4.63. The maximum atomic E-state index is 2.62. The van der Waals surface area contributed by atoms with Gasteiger partial charge in [0.25, 0.3) is 0 Å². The Morgan fingerprint density at radius 1 is 1.16 bits per heavy atom. The van der Waals surface area contributed by atoms with Gasteiger partial charge in [-0.05, 0) is 56.2 Å². The van der Waals surface area contributed by atoms with Gasteiger partial charge in [0.05, 0.1) is 0 Å². The molecule has 0 fully saturated rings.